The Hall–Kier alpha value is -2.32. The Bertz CT molecular complexity index is 761. The van der Waals surface area contributed by atoms with E-state index in [1.165, 1.54) is 5.69 Å². The summed E-state index contributed by atoms with van der Waals surface area (Å²) in [6, 6.07) is 10.1. The van der Waals surface area contributed by atoms with Gasteiger partial charge >= 0.3 is 0 Å². The number of aromatic nitrogens is 2. The van der Waals surface area contributed by atoms with E-state index in [-0.39, 0.29) is 0 Å². The first-order chi connectivity index (χ1) is 9.78. The van der Waals surface area contributed by atoms with Crippen LogP contribution in [-0.2, 0) is 13.0 Å². The van der Waals surface area contributed by atoms with E-state index in [4.69, 9.17) is 5.26 Å². The first kappa shape index (κ1) is 12.7. The first-order valence-corrected chi connectivity index (χ1v) is 7.26. The minimum atomic E-state index is 0.456. The molecule has 5 heteroatoms. The van der Waals surface area contributed by atoms with Crippen molar-refractivity contribution in [1.29, 1.82) is 5.26 Å². The van der Waals surface area contributed by atoms with Crippen LogP contribution >= 0.6 is 11.3 Å². The van der Waals surface area contributed by atoms with Gasteiger partial charge in [-0.1, -0.05) is 12.1 Å². The predicted molar refractivity (Wildman–Crippen MR) is 80.9 cm³/mol. The number of anilines is 1. The van der Waals surface area contributed by atoms with E-state index in [9.17, 15) is 0 Å². The van der Waals surface area contributed by atoms with Crippen molar-refractivity contribution in [1.82, 2.24) is 9.38 Å². The Morgan fingerprint density at radius 2 is 2.15 bits per heavy atom. The van der Waals surface area contributed by atoms with Crippen molar-refractivity contribution in [2.24, 2.45) is 0 Å². The summed E-state index contributed by atoms with van der Waals surface area (Å²) in [4.78, 5) is 5.56. The number of fused-ring (bicyclic) bond motifs is 1. The van der Waals surface area contributed by atoms with Gasteiger partial charge in [0.2, 0.25) is 0 Å². The highest BCUT2D eigenvalue weighted by atomic mass is 32.1. The van der Waals surface area contributed by atoms with Gasteiger partial charge in [-0.2, -0.15) is 5.26 Å². The number of nitrogens with one attached hydrogen (secondary N) is 1. The van der Waals surface area contributed by atoms with E-state index in [1.54, 1.807) is 11.3 Å². The number of aryl methyl sites for hydroxylation is 1. The maximum atomic E-state index is 8.65. The molecule has 20 heavy (non-hydrogen) atoms. The number of nitriles is 1. The molecule has 0 spiro atoms. The molecule has 3 aromatic rings. The quantitative estimate of drug-likeness (QED) is 0.798. The molecule has 0 aliphatic heterocycles. The largest absolute Gasteiger partial charge is 0.379 e. The predicted octanol–water partition coefficient (Wildman–Crippen LogP) is 3.38. The molecular weight excluding hydrogens is 268 g/mol. The van der Waals surface area contributed by atoms with E-state index < -0.39 is 0 Å². The van der Waals surface area contributed by atoms with Crippen LogP contribution in [0.25, 0.3) is 4.96 Å². The minimum absolute atomic E-state index is 0.456. The zero-order chi connectivity index (χ0) is 13.9. The van der Waals surface area contributed by atoms with Crippen molar-refractivity contribution in [2.75, 3.05) is 5.32 Å². The molecular formula is C15H14N4S. The Morgan fingerprint density at radius 3 is 2.90 bits per heavy atom. The number of rotatable bonds is 4. The highest BCUT2D eigenvalue weighted by Gasteiger charge is 2.08. The second-order valence-corrected chi connectivity index (χ2v) is 5.46. The number of hydrogen-bond donors (Lipinski definition) is 1. The molecule has 0 fully saturated rings. The van der Waals surface area contributed by atoms with Gasteiger partial charge in [-0.3, -0.25) is 4.40 Å². The van der Waals surface area contributed by atoms with Crippen molar-refractivity contribution in [3.05, 3.63) is 52.8 Å². The summed E-state index contributed by atoms with van der Waals surface area (Å²) >= 11 is 1.64. The van der Waals surface area contributed by atoms with Crippen LogP contribution in [0.15, 0.2) is 35.8 Å². The third-order valence-electron chi connectivity index (χ3n) is 3.26. The summed E-state index contributed by atoms with van der Waals surface area (Å²) in [6.45, 7) is 2.77. The van der Waals surface area contributed by atoms with Crippen LogP contribution in [0, 0.1) is 18.3 Å². The second-order valence-electron chi connectivity index (χ2n) is 4.58. The Morgan fingerprint density at radius 1 is 1.35 bits per heavy atom. The summed E-state index contributed by atoms with van der Waals surface area (Å²) in [5.74, 6) is 0. The normalized spacial score (nSPS) is 10.6. The molecule has 4 nitrogen and oxygen atoms in total. The van der Waals surface area contributed by atoms with Crippen LogP contribution < -0.4 is 5.32 Å². The van der Waals surface area contributed by atoms with Crippen molar-refractivity contribution < 1.29 is 0 Å². The zero-order valence-electron chi connectivity index (χ0n) is 11.1. The molecule has 0 bridgehead atoms. The third-order valence-corrected chi connectivity index (χ3v) is 4.01. The van der Waals surface area contributed by atoms with Crippen LogP contribution in [0.3, 0.4) is 0 Å². The van der Waals surface area contributed by atoms with Gasteiger partial charge in [-0.05, 0) is 24.6 Å². The Kier molecular flexibility index (Phi) is 3.40. The van der Waals surface area contributed by atoms with E-state index in [1.807, 2.05) is 42.8 Å². The van der Waals surface area contributed by atoms with Crippen molar-refractivity contribution in [3.8, 4) is 6.07 Å². The average molecular weight is 282 g/mol. The molecule has 1 N–H and O–H groups in total. The van der Waals surface area contributed by atoms with Crippen LogP contribution in [0.5, 0.6) is 0 Å². The van der Waals surface area contributed by atoms with Gasteiger partial charge in [0, 0.05) is 17.3 Å². The topological polar surface area (TPSA) is 53.1 Å². The molecule has 0 atom stereocenters. The standard InChI is InChI=1S/C15H14N4S/c1-11-14(19-8-9-20-15(19)18-11)10-17-13-4-2-12(3-5-13)6-7-16/h2-5,8-9,17H,6,10H2,1H3. The molecule has 0 amide bonds. The van der Waals surface area contributed by atoms with Gasteiger partial charge in [-0.25, -0.2) is 4.98 Å². The Balaban J connectivity index is 1.74. The van der Waals surface area contributed by atoms with E-state index >= 15 is 0 Å². The fraction of sp³-hybridized carbons (Fsp3) is 0.200. The third kappa shape index (κ3) is 2.38. The lowest BCUT2D eigenvalue weighted by Crippen LogP contribution is -2.03. The van der Waals surface area contributed by atoms with Gasteiger partial charge in [-0.15, -0.1) is 11.3 Å². The summed E-state index contributed by atoms with van der Waals surface area (Å²) in [6.07, 6.45) is 2.50. The summed E-state index contributed by atoms with van der Waals surface area (Å²) < 4.78 is 2.12. The molecule has 100 valence electrons. The second kappa shape index (κ2) is 5.35. The van der Waals surface area contributed by atoms with E-state index in [2.05, 4.69) is 20.8 Å². The monoisotopic (exact) mass is 282 g/mol. The molecule has 2 heterocycles. The highest BCUT2D eigenvalue weighted by Crippen LogP contribution is 2.18. The molecule has 1 aromatic carbocycles. The Labute approximate surface area is 121 Å². The molecule has 2 aromatic heterocycles. The number of benzene rings is 1. The molecule has 0 saturated carbocycles. The van der Waals surface area contributed by atoms with E-state index in [0.717, 1.165) is 28.5 Å². The lowest BCUT2D eigenvalue weighted by atomic mass is 10.1. The lowest BCUT2D eigenvalue weighted by molar-refractivity contribution is 0.994. The number of imidazole rings is 1. The van der Waals surface area contributed by atoms with Crippen LogP contribution in [0.4, 0.5) is 5.69 Å². The number of nitrogens with zero attached hydrogens (tertiary/aromatic N) is 3. The maximum absolute atomic E-state index is 8.65. The molecule has 0 radical (unpaired) electrons. The van der Waals surface area contributed by atoms with Gasteiger partial charge in [0.15, 0.2) is 4.96 Å². The fourth-order valence-corrected chi connectivity index (χ4v) is 2.95. The van der Waals surface area contributed by atoms with Crippen LogP contribution in [-0.4, -0.2) is 9.38 Å². The molecule has 0 aliphatic rings. The van der Waals surface area contributed by atoms with Crippen LogP contribution in [0.2, 0.25) is 0 Å². The van der Waals surface area contributed by atoms with Crippen molar-refractivity contribution in [2.45, 2.75) is 19.9 Å². The SMILES string of the molecule is Cc1nc2sccn2c1CNc1ccc(CC#N)cc1. The average Bonchev–Trinajstić information content (AvgIpc) is 2.99. The number of thiazole rings is 1. The number of hydrogen-bond acceptors (Lipinski definition) is 4. The first-order valence-electron chi connectivity index (χ1n) is 6.38. The van der Waals surface area contributed by atoms with Crippen LogP contribution in [0.1, 0.15) is 17.0 Å². The maximum Gasteiger partial charge on any atom is 0.194 e. The minimum Gasteiger partial charge on any atom is -0.379 e. The van der Waals surface area contributed by atoms with Gasteiger partial charge in [0.05, 0.1) is 30.4 Å². The van der Waals surface area contributed by atoms with Gasteiger partial charge < -0.3 is 5.32 Å². The van der Waals surface area contributed by atoms with E-state index in [0.29, 0.717) is 6.42 Å². The zero-order valence-corrected chi connectivity index (χ0v) is 11.9. The summed E-state index contributed by atoms with van der Waals surface area (Å²) in [5.41, 5.74) is 4.34. The highest BCUT2D eigenvalue weighted by molar-refractivity contribution is 7.15. The lowest BCUT2D eigenvalue weighted by Gasteiger charge is -2.07. The molecule has 3 rings (SSSR count). The summed E-state index contributed by atoms with van der Waals surface area (Å²) in [7, 11) is 0. The smallest absolute Gasteiger partial charge is 0.194 e. The van der Waals surface area contributed by atoms with Crippen molar-refractivity contribution >= 4 is 22.0 Å². The fourth-order valence-electron chi connectivity index (χ4n) is 2.17. The molecule has 0 aliphatic carbocycles. The van der Waals surface area contributed by atoms with Gasteiger partial charge in [0.1, 0.15) is 0 Å². The summed E-state index contributed by atoms with van der Waals surface area (Å²) in [5, 5.41) is 14.1. The van der Waals surface area contributed by atoms with Gasteiger partial charge in [0.25, 0.3) is 0 Å². The van der Waals surface area contributed by atoms with Crippen molar-refractivity contribution in [3.63, 3.8) is 0 Å². The molecule has 0 saturated heterocycles. The molecule has 0 unspecified atom stereocenters.